The lowest BCUT2D eigenvalue weighted by Crippen LogP contribution is -2.17. The fourth-order valence-corrected chi connectivity index (χ4v) is 5.52. The normalized spacial score (nSPS) is 14.5. The minimum absolute atomic E-state index is 0.308. The van der Waals surface area contributed by atoms with Gasteiger partial charge < -0.3 is 0 Å². The lowest BCUT2D eigenvalue weighted by molar-refractivity contribution is -0.115. The van der Waals surface area contributed by atoms with Crippen LogP contribution >= 0.6 is 34.9 Å². The molecule has 8 nitrogen and oxygen atoms in total. The number of aromatic nitrogens is 3. The molecule has 3 heterocycles. The summed E-state index contributed by atoms with van der Waals surface area (Å²) in [7, 11) is 0. The predicted octanol–water partition coefficient (Wildman–Crippen LogP) is 4.95. The molecule has 0 radical (unpaired) electrons. The molecule has 1 aliphatic rings. The van der Waals surface area contributed by atoms with E-state index in [9.17, 15) is 14.4 Å². The van der Waals surface area contributed by atoms with Gasteiger partial charge in [0.2, 0.25) is 5.13 Å². The molecular weight excluding hydrogens is 490 g/mol. The van der Waals surface area contributed by atoms with Crippen LogP contribution in [0.1, 0.15) is 21.5 Å². The predicted molar refractivity (Wildman–Crippen MR) is 135 cm³/mol. The first kappa shape index (κ1) is 22.3. The number of nitrogens with one attached hydrogen (secondary N) is 2. The topological polar surface area (TPSA) is 114 Å². The van der Waals surface area contributed by atoms with Crippen molar-refractivity contribution in [1.82, 2.24) is 20.5 Å². The average molecular weight is 506 g/mol. The number of rotatable bonds is 6. The highest BCUT2D eigenvalue weighted by Gasteiger charge is 2.24. The summed E-state index contributed by atoms with van der Waals surface area (Å²) in [6.07, 6.45) is 3.38. The SMILES string of the molecule is O=C1NC(=O)/C(=C/c2ccc(C(=O)Nc3nnc(SCc4ccc5ncccc5c4)s3)cc2)S1. The van der Waals surface area contributed by atoms with Gasteiger partial charge in [-0.3, -0.25) is 30.0 Å². The van der Waals surface area contributed by atoms with Crippen molar-refractivity contribution in [3.63, 3.8) is 0 Å². The van der Waals surface area contributed by atoms with Crippen LogP contribution < -0.4 is 10.6 Å². The quantitative estimate of drug-likeness (QED) is 0.215. The van der Waals surface area contributed by atoms with Gasteiger partial charge in [-0.2, -0.15) is 0 Å². The number of anilines is 1. The van der Waals surface area contributed by atoms with Gasteiger partial charge in [0.1, 0.15) is 0 Å². The minimum atomic E-state index is -0.417. The Kier molecular flexibility index (Phi) is 6.39. The summed E-state index contributed by atoms with van der Waals surface area (Å²) >= 11 is 3.71. The molecule has 2 aromatic carbocycles. The molecule has 1 saturated heterocycles. The number of nitrogens with zero attached hydrogens (tertiary/aromatic N) is 3. The molecule has 1 fully saturated rings. The summed E-state index contributed by atoms with van der Waals surface area (Å²) < 4.78 is 0.755. The van der Waals surface area contributed by atoms with Crippen LogP contribution in [0.3, 0.4) is 0 Å². The molecule has 0 atom stereocenters. The highest BCUT2D eigenvalue weighted by atomic mass is 32.2. The third-order valence-corrected chi connectivity index (χ3v) is 7.62. The highest BCUT2D eigenvalue weighted by molar-refractivity contribution is 8.18. The Balaban J connectivity index is 1.18. The molecule has 0 spiro atoms. The lowest BCUT2D eigenvalue weighted by Gasteiger charge is -2.02. The zero-order valence-electron chi connectivity index (χ0n) is 17.3. The Morgan fingerprint density at radius 3 is 2.74 bits per heavy atom. The summed E-state index contributed by atoms with van der Waals surface area (Å²) in [4.78, 5) is 40.1. The molecule has 4 aromatic rings. The standard InChI is InChI=1S/C23H15N5O3S3/c29-19(15-6-3-13(4-7-15)11-18-20(30)26-22(31)33-18)25-21-27-28-23(34-21)32-12-14-5-8-17-16(10-14)2-1-9-24-17/h1-11H,12H2,(H,25,27,29)(H,26,30,31)/b18-11-. The molecule has 0 saturated carbocycles. The van der Waals surface area contributed by atoms with Gasteiger partial charge in [-0.1, -0.05) is 47.4 Å². The summed E-state index contributed by atoms with van der Waals surface area (Å²) in [5, 5.41) is 14.3. The molecule has 11 heteroatoms. The monoisotopic (exact) mass is 505 g/mol. The van der Waals surface area contributed by atoms with Crippen LogP contribution in [0.5, 0.6) is 0 Å². The van der Waals surface area contributed by atoms with Gasteiger partial charge in [0.05, 0.1) is 10.4 Å². The smallest absolute Gasteiger partial charge is 0.290 e. The molecule has 1 aliphatic heterocycles. The zero-order chi connectivity index (χ0) is 23.5. The van der Waals surface area contributed by atoms with Gasteiger partial charge in [-0.15, -0.1) is 10.2 Å². The van der Waals surface area contributed by atoms with Gasteiger partial charge in [0, 0.05) is 22.9 Å². The molecule has 0 bridgehead atoms. The number of carbonyl (C=O) groups excluding carboxylic acids is 3. The number of fused-ring (bicyclic) bond motifs is 1. The number of hydrogen-bond donors (Lipinski definition) is 2. The summed E-state index contributed by atoms with van der Waals surface area (Å²) in [6.45, 7) is 0. The Morgan fingerprint density at radius 2 is 1.94 bits per heavy atom. The van der Waals surface area contributed by atoms with E-state index in [0.29, 0.717) is 21.2 Å². The maximum atomic E-state index is 12.6. The van der Waals surface area contributed by atoms with Crippen molar-refractivity contribution in [2.24, 2.45) is 0 Å². The molecule has 0 unspecified atom stereocenters. The van der Waals surface area contributed by atoms with E-state index in [4.69, 9.17) is 0 Å². The van der Waals surface area contributed by atoms with Crippen molar-refractivity contribution >= 4 is 74.0 Å². The summed E-state index contributed by atoms with van der Waals surface area (Å²) in [6, 6.07) is 16.8. The van der Waals surface area contributed by atoms with E-state index in [1.165, 1.54) is 11.3 Å². The molecule has 2 aromatic heterocycles. The first-order valence-electron chi connectivity index (χ1n) is 10.00. The molecular formula is C23H15N5O3S3. The van der Waals surface area contributed by atoms with E-state index in [1.54, 1.807) is 48.3 Å². The first-order chi connectivity index (χ1) is 16.5. The highest BCUT2D eigenvalue weighted by Crippen LogP contribution is 2.29. The van der Waals surface area contributed by atoms with Gasteiger partial charge in [0.25, 0.3) is 17.1 Å². The van der Waals surface area contributed by atoms with Gasteiger partial charge >= 0.3 is 0 Å². The number of hydrogen-bond acceptors (Lipinski definition) is 9. The van der Waals surface area contributed by atoms with Gasteiger partial charge in [-0.25, -0.2) is 0 Å². The Morgan fingerprint density at radius 1 is 1.09 bits per heavy atom. The maximum absolute atomic E-state index is 12.6. The number of benzene rings is 2. The van der Waals surface area contributed by atoms with Crippen molar-refractivity contribution in [3.05, 3.63) is 82.4 Å². The third kappa shape index (κ3) is 5.16. The van der Waals surface area contributed by atoms with E-state index in [2.05, 4.69) is 31.9 Å². The summed E-state index contributed by atoms with van der Waals surface area (Å²) in [5.41, 5.74) is 3.26. The Bertz CT molecular complexity index is 1450. The molecule has 0 aliphatic carbocycles. The van der Waals surface area contributed by atoms with Crippen molar-refractivity contribution in [1.29, 1.82) is 0 Å². The molecule has 5 rings (SSSR count). The fourth-order valence-electron chi connectivity index (χ4n) is 3.15. The van der Waals surface area contributed by atoms with Crippen LogP contribution in [0.15, 0.2) is 70.0 Å². The average Bonchev–Trinajstić information content (AvgIpc) is 3.42. The molecule has 2 N–H and O–H groups in total. The Labute approximate surface area is 206 Å². The van der Waals surface area contributed by atoms with Crippen molar-refractivity contribution in [2.45, 2.75) is 10.1 Å². The largest absolute Gasteiger partial charge is 0.296 e. The van der Waals surface area contributed by atoms with E-state index in [0.717, 1.165) is 38.3 Å². The first-order valence-corrected chi connectivity index (χ1v) is 12.6. The van der Waals surface area contributed by atoms with Crippen molar-refractivity contribution < 1.29 is 14.4 Å². The van der Waals surface area contributed by atoms with E-state index < -0.39 is 11.1 Å². The minimum Gasteiger partial charge on any atom is -0.296 e. The van der Waals surface area contributed by atoms with Gasteiger partial charge in [-0.05, 0) is 59.3 Å². The van der Waals surface area contributed by atoms with Crippen molar-refractivity contribution in [2.75, 3.05) is 5.32 Å². The number of carbonyl (C=O) groups is 3. The number of imide groups is 1. The second-order valence-electron chi connectivity index (χ2n) is 7.12. The number of thioether (sulfide) groups is 2. The van der Waals surface area contributed by atoms with Crippen LogP contribution in [-0.2, 0) is 10.5 Å². The second-order valence-corrected chi connectivity index (χ2v) is 10.3. The maximum Gasteiger partial charge on any atom is 0.290 e. The van der Waals surface area contributed by atoms with E-state index >= 15 is 0 Å². The van der Waals surface area contributed by atoms with Crippen LogP contribution in [0, 0.1) is 0 Å². The van der Waals surface area contributed by atoms with Crippen LogP contribution in [-0.4, -0.2) is 32.2 Å². The van der Waals surface area contributed by atoms with Crippen LogP contribution in [0.25, 0.3) is 17.0 Å². The summed E-state index contributed by atoms with van der Waals surface area (Å²) in [5.74, 6) is 0.00298. The fraction of sp³-hybridized carbons (Fsp3) is 0.0435. The van der Waals surface area contributed by atoms with Crippen LogP contribution in [0.4, 0.5) is 9.93 Å². The zero-order valence-corrected chi connectivity index (χ0v) is 19.8. The molecule has 168 valence electrons. The molecule has 3 amide bonds. The van der Waals surface area contributed by atoms with E-state index in [1.807, 2.05) is 24.3 Å². The number of pyridine rings is 1. The van der Waals surface area contributed by atoms with Crippen molar-refractivity contribution in [3.8, 4) is 0 Å². The molecule has 34 heavy (non-hydrogen) atoms. The van der Waals surface area contributed by atoms with Gasteiger partial charge in [0.15, 0.2) is 4.34 Å². The lowest BCUT2D eigenvalue weighted by atomic mass is 10.1. The Hall–Kier alpha value is -3.54. The number of amides is 3. The van der Waals surface area contributed by atoms with E-state index in [-0.39, 0.29) is 5.91 Å². The second kappa shape index (κ2) is 9.75. The third-order valence-electron chi connectivity index (χ3n) is 4.77. The van der Waals surface area contributed by atoms with Crippen LogP contribution in [0.2, 0.25) is 0 Å².